The van der Waals surface area contributed by atoms with Gasteiger partial charge in [0.05, 0.1) is 10.9 Å². The van der Waals surface area contributed by atoms with Crippen molar-refractivity contribution in [1.82, 2.24) is 0 Å². The number of ketones is 2. The third-order valence-corrected chi connectivity index (χ3v) is 4.99. The van der Waals surface area contributed by atoms with Crippen molar-refractivity contribution in [2.45, 2.75) is 52.6 Å². The molecule has 2 atom stereocenters. The van der Waals surface area contributed by atoms with Gasteiger partial charge >= 0.3 is 5.63 Å². The Kier molecular flexibility index (Phi) is 3.86. The summed E-state index contributed by atoms with van der Waals surface area (Å²) in [6, 6.07) is 7.13. The van der Waals surface area contributed by atoms with Gasteiger partial charge in [-0.15, -0.1) is 0 Å². The van der Waals surface area contributed by atoms with Crippen LogP contribution in [0.4, 0.5) is 0 Å². The van der Waals surface area contributed by atoms with Gasteiger partial charge in [0, 0.05) is 17.3 Å². The van der Waals surface area contributed by atoms with Gasteiger partial charge in [-0.2, -0.15) is 0 Å². The van der Waals surface area contributed by atoms with E-state index in [4.69, 9.17) is 9.15 Å². The molecule has 0 radical (unpaired) electrons. The fourth-order valence-corrected chi connectivity index (χ4v) is 3.31. The molecule has 0 saturated heterocycles. The summed E-state index contributed by atoms with van der Waals surface area (Å²) in [5, 5.41) is 0.697. The monoisotopic (exact) mass is 342 g/mol. The van der Waals surface area contributed by atoms with Gasteiger partial charge in [0.15, 0.2) is 5.78 Å². The summed E-state index contributed by atoms with van der Waals surface area (Å²) >= 11 is 0. The van der Waals surface area contributed by atoms with Gasteiger partial charge in [-0.1, -0.05) is 39.8 Å². The van der Waals surface area contributed by atoms with E-state index in [9.17, 15) is 14.4 Å². The van der Waals surface area contributed by atoms with Crippen molar-refractivity contribution in [1.29, 1.82) is 0 Å². The lowest BCUT2D eigenvalue weighted by Crippen LogP contribution is -2.41. The van der Waals surface area contributed by atoms with Crippen molar-refractivity contribution in [2.24, 2.45) is 5.41 Å². The maximum atomic E-state index is 12.6. The lowest BCUT2D eigenvalue weighted by Gasteiger charge is -2.27. The smallest absolute Gasteiger partial charge is 0.343 e. The fourth-order valence-electron chi connectivity index (χ4n) is 3.31. The molecule has 5 heteroatoms. The van der Waals surface area contributed by atoms with E-state index in [1.54, 1.807) is 39.8 Å². The Labute approximate surface area is 146 Å². The zero-order valence-electron chi connectivity index (χ0n) is 15.1. The number of benzene rings is 1. The molecule has 0 unspecified atom stereocenters. The zero-order valence-corrected chi connectivity index (χ0v) is 15.1. The summed E-state index contributed by atoms with van der Waals surface area (Å²) in [5.74, 6) is -0.483. The van der Waals surface area contributed by atoms with Crippen LogP contribution in [-0.2, 0) is 15.0 Å². The van der Waals surface area contributed by atoms with Crippen LogP contribution in [0.3, 0.4) is 0 Å². The highest BCUT2D eigenvalue weighted by atomic mass is 16.5. The molecule has 0 spiro atoms. The van der Waals surface area contributed by atoms with Gasteiger partial charge in [0.25, 0.3) is 0 Å². The molecule has 25 heavy (non-hydrogen) atoms. The van der Waals surface area contributed by atoms with Crippen LogP contribution < -0.4 is 10.4 Å². The van der Waals surface area contributed by atoms with Crippen LogP contribution in [0.2, 0.25) is 0 Å². The van der Waals surface area contributed by atoms with Crippen molar-refractivity contribution in [2.75, 3.05) is 0 Å². The standard InChI is InChI=1S/C20H22O5/c1-11-20(5,10-13(21)17(22)19(2,3)4)15-16(24-11)12-8-6-7-9-14(12)25-18(15)23/h6-9,11H,10H2,1-5H3/t11-,20+/m0/s1. The number of hydrogen-bond donors (Lipinski definition) is 0. The second-order valence-corrected chi connectivity index (χ2v) is 7.95. The van der Waals surface area contributed by atoms with Crippen LogP contribution in [0, 0.1) is 5.41 Å². The first-order valence-corrected chi connectivity index (χ1v) is 8.36. The Morgan fingerprint density at radius 2 is 1.84 bits per heavy atom. The van der Waals surface area contributed by atoms with Crippen molar-refractivity contribution < 1.29 is 18.7 Å². The van der Waals surface area contributed by atoms with Crippen molar-refractivity contribution in [3.8, 4) is 5.75 Å². The predicted molar refractivity (Wildman–Crippen MR) is 94.0 cm³/mol. The van der Waals surface area contributed by atoms with Crippen LogP contribution in [0.25, 0.3) is 11.0 Å². The van der Waals surface area contributed by atoms with Crippen molar-refractivity contribution in [3.05, 3.63) is 40.2 Å². The van der Waals surface area contributed by atoms with Crippen LogP contribution in [0.5, 0.6) is 5.75 Å². The molecule has 5 nitrogen and oxygen atoms in total. The molecular formula is C20H22O5. The summed E-state index contributed by atoms with van der Waals surface area (Å²) < 4.78 is 11.4. The van der Waals surface area contributed by atoms with E-state index in [1.165, 1.54) is 0 Å². The number of hydrogen-bond acceptors (Lipinski definition) is 5. The Balaban J connectivity index is 2.11. The molecule has 1 aliphatic rings. The summed E-state index contributed by atoms with van der Waals surface area (Å²) in [6.07, 6.45) is -0.506. The molecule has 1 aliphatic heterocycles. The van der Waals surface area contributed by atoms with Crippen LogP contribution in [0.1, 0.15) is 46.6 Å². The van der Waals surface area contributed by atoms with E-state index in [0.717, 1.165) is 0 Å². The topological polar surface area (TPSA) is 73.6 Å². The van der Waals surface area contributed by atoms with E-state index < -0.39 is 34.1 Å². The third kappa shape index (κ3) is 2.68. The summed E-state index contributed by atoms with van der Waals surface area (Å²) in [6.45, 7) is 8.71. The fraction of sp³-hybridized carbons (Fsp3) is 0.450. The largest absolute Gasteiger partial charge is 0.488 e. The van der Waals surface area contributed by atoms with Crippen molar-refractivity contribution >= 4 is 22.5 Å². The third-order valence-electron chi connectivity index (χ3n) is 4.99. The zero-order chi connectivity index (χ0) is 18.6. The van der Waals surface area contributed by atoms with Gasteiger partial charge in [0.2, 0.25) is 5.78 Å². The highest BCUT2D eigenvalue weighted by molar-refractivity contribution is 6.39. The highest BCUT2D eigenvalue weighted by Crippen LogP contribution is 2.46. The summed E-state index contributed by atoms with van der Waals surface area (Å²) in [4.78, 5) is 37.5. The second-order valence-electron chi connectivity index (χ2n) is 7.95. The molecule has 2 heterocycles. The number of para-hydroxylation sites is 1. The molecule has 0 amide bonds. The number of carbonyl (C=O) groups excluding carboxylic acids is 2. The second kappa shape index (κ2) is 5.55. The van der Waals surface area contributed by atoms with Gasteiger partial charge in [0.1, 0.15) is 17.4 Å². The normalized spacial score (nSPS) is 22.5. The van der Waals surface area contributed by atoms with E-state index >= 15 is 0 Å². The molecule has 132 valence electrons. The number of carbonyl (C=O) groups is 2. The van der Waals surface area contributed by atoms with Gasteiger partial charge < -0.3 is 9.15 Å². The Hall–Kier alpha value is -2.43. The van der Waals surface area contributed by atoms with Crippen molar-refractivity contribution in [3.63, 3.8) is 0 Å². The molecule has 1 aromatic heterocycles. The molecular weight excluding hydrogens is 320 g/mol. The molecule has 0 aliphatic carbocycles. The maximum absolute atomic E-state index is 12.6. The minimum Gasteiger partial charge on any atom is -0.488 e. The Morgan fingerprint density at radius 1 is 1.20 bits per heavy atom. The number of ether oxygens (including phenoxy) is 1. The number of fused-ring (bicyclic) bond motifs is 3. The predicted octanol–water partition coefficient (Wildman–Crippen LogP) is 3.41. The molecule has 3 rings (SSSR count). The minimum atomic E-state index is -0.905. The molecule has 2 aromatic rings. The highest BCUT2D eigenvalue weighted by Gasteiger charge is 2.49. The van der Waals surface area contributed by atoms with Gasteiger partial charge in [-0.05, 0) is 19.1 Å². The molecule has 1 aromatic carbocycles. The van der Waals surface area contributed by atoms with Gasteiger partial charge in [-0.3, -0.25) is 9.59 Å². The average molecular weight is 342 g/mol. The SMILES string of the molecule is C[C@@H]1Oc2c(c(=O)oc3ccccc23)[C@]1(C)CC(=O)C(=O)C(C)(C)C. The van der Waals surface area contributed by atoms with Crippen LogP contribution in [0.15, 0.2) is 33.5 Å². The first-order chi connectivity index (χ1) is 11.6. The number of rotatable bonds is 3. The molecule has 0 bridgehead atoms. The quantitative estimate of drug-likeness (QED) is 0.631. The molecule has 0 saturated carbocycles. The Bertz CT molecular complexity index is 931. The van der Waals surface area contributed by atoms with E-state index in [0.29, 0.717) is 22.3 Å². The van der Waals surface area contributed by atoms with E-state index in [-0.39, 0.29) is 6.42 Å². The molecule has 0 N–H and O–H groups in total. The average Bonchev–Trinajstić information content (AvgIpc) is 2.78. The first kappa shape index (κ1) is 17.4. The lowest BCUT2D eigenvalue weighted by atomic mass is 9.73. The minimum absolute atomic E-state index is 0.0830. The van der Waals surface area contributed by atoms with Crippen LogP contribution in [-0.4, -0.2) is 17.7 Å². The van der Waals surface area contributed by atoms with E-state index in [2.05, 4.69) is 0 Å². The van der Waals surface area contributed by atoms with Crippen LogP contribution >= 0.6 is 0 Å². The number of Topliss-reactive ketones (excluding diaryl/α,β-unsaturated/α-hetero) is 2. The lowest BCUT2D eigenvalue weighted by molar-refractivity contribution is -0.142. The summed E-state index contributed by atoms with van der Waals surface area (Å²) in [7, 11) is 0. The van der Waals surface area contributed by atoms with Gasteiger partial charge in [-0.25, -0.2) is 4.79 Å². The maximum Gasteiger partial charge on any atom is 0.343 e. The summed E-state index contributed by atoms with van der Waals surface area (Å²) in [5.41, 5.74) is -1.39. The first-order valence-electron chi connectivity index (χ1n) is 8.36. The molecule has 0 fully saturated rings. The van der Waals surface area contributed by atoms with E-state index in [1.807, 2.05) is 19.1 Å². The Morgan fingerprint density at radius 3 is 2.48 bits per heavy atom.